The molecule has 0 spiro atoms. The number of anilines is 1. The minimum absolute atomic E-state index is 0.0691. The van der Waals surface area contributed by atoms with E-state index in [1.807, 2.05) is 22.9 Å². The van der Waals surface area contributed by atoms with Gasteiger partial charge in [-0.05, 0) is 35.9 Å². The molecular weight excluding hydrogens is 420 g/mol. The van der Waals surface area contributed by atoms with E-state index in [9.17, 15) is 4.79 Å². The molecule has 1 amide bonds. The van der Waals surface area contributed by atoms with E-state index >= 15 is 0 Å². The zero-order chi connectivity index (χ0) is 20.8. The minimum atomic E-state index is -0.0691. The molecule has 1 fully saturated rings. The lowest BCUT2D eigenvalue weighted by Crippen LogP contribution is -2.48. The number of carbonyl (C=O) groups is 1. The van der Waals surface area contributed by atoms with E-state index in [0.29, 0.717) is 28.8 Å². The summed E-state index contributed by atoms with van der Waals surface area (Å²) in [7, 11) is 0. The van der Waals surface area contributed by atoms with Crippen molar-refractivity contribution in [2.75, 3.05) is 44.6 Å². The van der Waals surface area contributed by atoms with Crippen molar-refractivity contribution >= 4 is 33.6 Å². The lowest BCUT2D eigenvalue weighted by molar-refractivity contribution is -0.117. The third-order valence-electron chi connectivity index (χ3n) is 4.95. The summed E-state index contributed by atoms with van der Waals surface area (Å²) in [5.74, 6) is 1.27. The molecule has 0 unspecified atom stereocenters. The van der Waals surface area contributed by atoms with Gasteiger partial charge < -0.3 is 14.7 Å². The molecule has 0 bridgehead atoms. The highest BCUT2D eigenvalue weighted by molar-refractivity contribution is 7.14. The fourth-order valence-electron chi connectivity index (χ4n) is 3.35. The predicted octanol–water partition coefficient (Wildman–Crippen LogP) is 2.92. The van der Waals surface area contributed by atoms with Crippen LogP contribution in [0, 0.1) is 11.3 Å². The molecule has 3 aromatic rings. The summed E-state index contributed by atoms with van der Waals surface area (Å²) in [6, 6.07) is 7.77. The molecular formula is C20H22N6O2S2. The number of hydrogen-bond donors (Lipinski definition) is 1. The second-order valence-corrected chi connectivity index (χ2v) is 8.90. The van der Waals surface area contributed by atoms with Crippen molar-refractivity contribution in [1.29, 1.82) is 5.26 Å². The van der Waals surface area contributed by atoms with E-state index < -0.39 is 0 Å². The molecule has 156 valence electrons. The lowest BCUT2D eigenvalue weighted by atomic mass is 10.2. The van der Waals surface area contributed by atoms with Gasteiger partial charge in [0.1, 0.15) is 11.1 Å². The third-order valence-corrected chi connectivity index (χ3v) is 6.64. The van der Waals surface area contributed by atoms with Crippen LogP contribution >= 0.6 is 22.7 Å². The Balaban J connectivity index is 1.15. The van der Waals surface area contributed by atoms with Crippen molar-refractivity contribution in [3.05, 3.63) is 40.4 Å². The standard InChI is InChI=1S/C20H22N6O2S2/c21-13-15-5-12-30-20(15)22-17(27)14-26-9-7-25(8-10-26)6-1-4-18-23-19(24-28-18)16-3-2-11-29-16/h2-3,5,11-12H,1,4,6-10,14H2,(H,22,27). The molecule has 1 N–H and O–H groups in total. The number of amides is 1. The zero-order valence-corrected chi connectivity index (χ0v) is 18.0. The normalized spacial score (nSPS) is 15.2. The summed E-state index contributed by atoms with van der Waals surface area (Å²) in [5.41, 5.74) is 0.516. The van der Waals surface area contributed by atoms with Crippen LogP contribution in [0.15, 0.2) is 33.5 Å². The van der Waals surface area contributed by atoms with Gasteiger partial charge in [-0.3, -0.25) is 9.69 Å². The van der Waals surface area contributed by atoms with Gasteiger partial charge in [0.2, 0.25) is 17.6 Å². The molecule has 0 atom stereocenters. The Kier molecular flexibility index (Phi) is 6.86. The molecule has 3 aromatic heterocycles. The first-order valence-electron chi connectivity index (χ1n) is 9.80. The first-order valence-corrected chi connectivity index (χ1v) is 11.6. The van der Waals surface area contributed by atoms with Crippen LogP contribution in [0.5, 0.6) is 0 Å². The average molecular weight is 443 g/mol. The third kappa shape index (κ3) is 5.31. The smallest absolute Gasteiger partial charge is 0.239 e. The van der Waals surface area contributed by atoms with Crippen molar-refractivity contribution in [1.82, 2.24) is 19.9 Å². The van der Waals surface area contributed by atoms with Crippen LogP contribution in [0.1, 0.15) is 17.9 Å². The molecule has 8 nitrogen and oxygen atoms in total. The fraction of sp³-hybridized carbons (Fsp3) is 0.400. The second-order valence-electron chi connectivity index (χ2n) is 7.03. The van der Waals surface area contributed by atoms with Gasteiger partial charge in [-0.25, -0.2) is 0 Å². The topological polar surface area (TPSA) is 98.3 Å². The molecule has 4 rings (SSSR count). The number of aryl methyl sites for hydroxylation is 1. The number of nitrogens with zero attached hydrogens (tertiary/aromatic N) is 5. The van der Waals surface area contributed by atoms with Crippen molar-refractivity contribution in [3.63, 3.8) is 0 Å². The van der Waals surface area contributed by atoms with Gasteiger partial charge in [0, 0.05) is 32.6 Å². The van der Waals surface area contributed by atoms with Crippen LogP contribution in [0.3, 0.4) is 0 Å². The number of nitrogens with one attached hydrogen (secondary N) is 1. The molecule has 0 radical (unpaired) electrons. The number of aromatic nitrogens is 2. The van der Waals surface area contributed by atoms with Gasteiger partial charge in [-0.1, -0.05) is 11.2 Å². The van der Waals surface area contributed by atoms with Crippen LogP contribution in [-0.4, -0.2) is 65.1 Å². The highest BCUT2D eigenvalue weighted by Crippen LogP contribution is 2.22. The Hall–Kier alpha value is -2.58. The molecule has 1 saturated heterocycles. The van der Waals surface area contributed by atoms with Gasteiger partial charge in [0.15, 0.2) is 0 Å². The highest BCUT2D eigenvalue weighted by atomic mass is 32.1. The Morgan fingerprint density at radius 2 is 2.03 bits per heavy atom. The fourth-order valence-corrected chi connectivity index (χ4v) is 4.75. The number of piperazine rings is 1. The average Bonchev–Trinajstić information content (AvgIpc) is 3.51. The van der Waals surface area contributed by atoms with Gasteiger partial charge in [-0.2, -0.15) is 10.2 Å². The lowest BCUT2D eigenvalue weighted by Gasteiger charge is -2.34. The number of hydrogen-bond acceptors (Lipinski definition) is 9. The number of nitriles is 1. The Labute approximate surface area is 182 Å². The second kappa shape index (κ2) is 9.95. The summed E-state index contributed by atoms with van der Waals surface area (Å²) < 4.78 is 5.35. The molecule has 0 aliphatic carbocycles. The summed E-state index contributed by atoms with van der Waals surface area (Å²) in [6.07, 6.45) is 1.73. The van der Waals surface area contributed by atoms with Crippen LogP contribution in [-0.2, 0) is 11.2 Å². The van der Waals surface area contributed by atoms with Crippen molar-refractivity contribution in [2.24, 2.45) is 0 Å². The molecule has 30 heavy (non-hydrogen) atoms. The van der Waals surface area contributed by atoms with Crippen LogP contribution in [0.2, 0.25) is 0 Å². The van der Waals surface area contributed by atoms with E-state index in [2.05, 4.69) is 31.3 Å². The first-order chi connectivity index (χ1) is 14.7. The van der Waals surface area contributed by atoms with Gasteiger partial charge >= 0.3 is 0 Å². The summed E-state index contributed by atoms with van der Waals surface area (Å²) in [6.45, 7) is 4.89. The quantitative estimate of drug-likeness (QED) is 0.573. The molecule has 1 aliphatic rings. The number of rotatable bonds is 8. The Morgan fingerprint density at radius 1 is 1.20 bits per heavy atom. The SMILES string of the molecule is N#Cc1ccsc1NC(=O)CN1CCN(CCCc2nc(-c3cccs3)no2)CC1. The maximum atomic E-state index is 12.3. The van der Waals surface area contributed by atoms with E-state index in [4.69, 9.17) is 9.78 Å². The molecule has 4 heterocycles. The monoisotopic (exact) mass is 442 g/mol. The number of thiophene rings is 2. The van der Waals surface area contributed by atoms with E-state index in [0.717, 1.165) is 50.4 Å². The zero-order valence-electron chi connectivity index (χ0n) is 16.4. The summed E-state index contributed by atoms with van der Waals surface area (Å²) in [5, 5.41) is 20.4. The minimum Gasteiger partial charge on any atom is -0.339 e. The van der Waals surface area contributed by atoms with Gasteiger partial charge in [0.25, 0.3) is 0 Å². The maximum absolute atomic E-state index is 12.3. The Morgan fingerprint density at radius 3 is 2.80 bits per heavy atom. The highest BCUT2D eigenvalue weighted by Gasteiger charge is 2.20. The maximum Gasteiger partial charge on any atom is 0.239 e. The molecule has 0 aromatic carbocycles. The van der Waals surface area contributed by atoms with Crippen LogP contribution < -0.4 is 5.32 Å². The first kappa shape index (κ1) is 20.7. The van der Waals surface area contributed by atoms with Crippen molar-refractivity contribution in [3.8, 4) is 16.8 Å². The van der Waals surface area contributed by atoms with Gasteiger partial charge in [0.05, 0.1) is 17.0 Å². The predicted molar refractivity (Wildman–Crippen MR) is 116 cm³/mol. The van der Waals surface area contributed by atoms with Crippen LogP contribution in [0.25, 0.3) is 10.7 Å². The van der Waals surface area contributed by atoms with Gasteiger partial charge in [-0.15, -0.1) is 22.7 Å². The Bertz CT molecular complexity index is 999. The summed E-state index contributed by atoms with van der Waals surface area (Å²) >= 11 is 2.98. The van der Waals surface area contributed by atoms with E-state index in [-0.39, 0.29) is 5.91 Å². The molecule has 0 saturated carbocycles. The van der Waals surface area contributed by atoms with E-state index in [1.54, 1.807) is 17.4 Å². The van der Waals surface area contributed by atoms with Crippen LogP contribution in [0.4, 0.5) is 5.00 Å². The molecule has 10 heteroatoms. The number of carbonyl (C=O) groups excluding carboxylic acids is 1. The van der Waals surface area contributed by atoms with Crippen molar-refractivity contribution < 1.29 is 9.32 Å². The van der Waals surface area contributed by atoms with Crippen molar-refractivity contribution in [2.45, 2.75) is 12.8 Å². The molecule has 1 aliphatic heterocycles. The largest absolute Gasteiger partial charge is 0.339 e. The summed E-state index contributed by atoms with van der Waals surface area (Å²) in [4.78, 5) is 22.3. The van der Waals surface area contributed by atoms with E-state index in [1.165, 1.54) is 11.3 Å².